The van der Waals surface area contributed by atoms with E-state index in [2.05, 4.69) is 34.7 Å². The molecule has 1 aromatic rings. The number of nitrogens with zero attached hydrogens (tertiary/aromatic N) is 3. The van der Waals surface area contributed by atoms with Crippen molar-refractivity contribution in [3.8, 4) is 0 Å². The van der Waals surface area contributed by atoms with Crippen LogP contribution in [0.25, 0.3) is 0 Å². The summed E-state index contributed by atoms with van der Waals surface area (Å²) >= 11 is 0. The average Bonchev–Trinajstić information content (AvgIpc) is 2.48. The van der Waals surface area contributed by atoms with Gasteiger partial charge in [0, 0.05) is 32.4 Å². The van der Waals surface area contributed by atoms with Crippen molar-refractivity contribution in [2.24, 2.45) is 0 Å². The van der Waals surface area contributed by atoms with Crippen LogP contribution in [0.5, 0.6) is 0 Å². The molecule has 1 aliphatic rings. The number of aryl methyl sites for hydroxylation is 1. The van der Waals surface area contributed by atoms with Gasteiger partial charge in [-0.05, 0) is 31.5 Å². The maximum Gasteiger partial charge on any atom is 0.0556 e. The van der Waals surface area contributed by atoms with Crippen molar-refractivity contribution in [1.82, 2.24) is 9.88 Å². The second-order valence-electron chi connectivity index (χ2n) is 4.90. The highest BCUT2D eigenvalue weighted by atomic mass is 15.3. The summed E-state index contributed by atoms with van der Waals surface area (Å²) in [7, 11) is 0. The molecule has 108 valence electrons. The molecule has 0 unspecified atom stereocenters. The lowest BCUT2D eigenvalue weighted by Gasteiger charge is -2.36. The SMILES string of the molecule is CC.CCCCN1CCN(c2cncc(C)c2)CC1. The Morgan fingerprint density at radius 3 is 2.37 bits per heavy atom. The van der Waals surface area contributed by atoms with E-state index in [4.69, 9.17) is 0 Å². The molecule has 3 nitrogen and oxygen atoms in total. The maximum atomic E-state index is 4.27. The van der Waals surface area contributed by atoms with Crippen molar-refractivity contribution in [2.45, 2.75) is 40.5 Å². The molecule has 0 bridgehead atoms. The predicted octanol–water partition coefficient (Wildman–Crippen LogP) is 3.34. The third-order valence-corrected chi connectivity index (χ3v) is 3.43. The molecule has 1 saturated heterocycles. The minimum absolute atomic E-state index is 1.13. The predicted molar refractivity (Wildman–Crippen MR) is 83.9 cm³/mol. The summed E-state index contributed by atoms with van der Waals surface area (Å²) in [5, 5.41) is 0. The van der Waals surface area contributed by atoms with Crippen molar-refractivity contribution in [3.63, 3.8) is 0 Å². The Morgan fingerprint density at radius 2 is 1.79 bits per heavy atom. The largest absolute Gasteiger partial charge is 0.368 e. The van der Waals surface area contributed by atoms with Crippen LogP contribution in [0.4, 0.5) is 5.69 Å². The van der Waals surface area contributed by atoms with Crippen molar-refractivity contribution in [2.75, 3.05) is 37.6 Å². The maximum absolute atomic E-state index is 4.27. The fourth-order valence-electron chi connectivity index (χ4n) is 2.32. The minimum Gasteiger partial charge on any atom is -0.368 e. The lowest BCUT2D eigenvalue weighted by Crippen LogP contribution is -2.46. The summed E-state index contributed by atoms with van der Waals surface area (Å²) in [6, 6.07) is 2.23. The standard InChI is InChI=1S/C14H23N3.C2H6/c1-3-4-5-16-6-8-17(9-7-16)14-10-13(2)11-15-12-14;1-2/h10-12H,3-9H2,1-2H3;1-2H3. The van der Waals surface area contributed by atoms with E-state index in [1.807, 2.05) is 26.2 Å². The van der Waals surface area contributed by atoms with E-state index in [1.54, 1.807) is 0 Å². The van der Waals surface area contributed by atoms with Gasteiger partial charge in [0.15, 0.2) is 0 Å². The molecule has 0 saturated carbocycles. The second-order valence-corrected chi connectivity index (χ2v) is 4.90. The third kappa shape index (κ3) is 5.19. The molecule has 0 spiro atoms. The fourth-order valence-corrected chi connectivity index (χ4v) is 2.32. The van der Waals surface area contributed by atoms with Crippen LogP contribution in [0.2, 0.25) is 0 Å². The number of aromatic nitrogens is 1. The number of unbranched alkanes of at least 4 members (excludes halogenated alkanes) is 1. The van der Waals surface area contributed by atoms with Gasteiger partial charge in [-0.2, -0.15) is 0 Å². The minimum atomic E-state index is 1.13. The lowest BCUT2D eigenvalue weighted by molar-refractivity contribution is 0.254. The van der Waals surface area contributed by atoms with Crippen LogP contribution in [0.3, 0.4) is 0 Å². The van der Waals surface area contributed by atoms with Gasteiger partial charge in [-0.1, -0.05) is 27.2 Å². The van der Waals surface area contributed by atoms with Gasteiger partial charge in [-0.25, -0.2) is 0 Å². The molecule has 0 atom stereocenters. The van der Waals surface area contributed by atoms with E-state index >= 15 is 0 Å². The first-order chi connectivity index (χ1) is 9.29. The van der Waals surface area contributed by atoms with Crippen LogP contribution in [0.1, 0.15) is 39.2 Å². The summed E-state index contributed by atoms with van der Waals surface area (Å²) in [5.41, 5.74) is 2.52. The van der Waals surface area contributed by atoms with Crippen LogP contribution in [0, 0.1) is 6.92 Å². The fraction of sp³-hybridized carbons (Fsp3) is 0.688. The topological polar surface area (TPSA) is 19.4 Å². The van der Waals surface area contributed by atoms with Gasteiger partial charge in [0.2, 0.25) is 0 Å². The van der Waals surface area contributed by atoms with Gasteiger partial charge >= 0.3 is 0 Å². The molecule has 19 heavy (non-hydrogen) atoms. The highest BCUT2D eigenvalue weighted by molar-refractivity contribution is 5.46. The Bertz CT molecular complexity index is 344. The molecule has 1 aromatic heterocycles. The van der Waals surface area contributed by atoms with E-state index in [0.717, 1.165) is 13.1 Å². The average molecular weight is 263 g/mol. The molecule has 0 N–H and O–H groups in total. The zero-order valence-electron chi connectivity index (χ0n) is 13.0. The smallest absolute Gasteiger partial charge is 0.0556 e. The number of hydrogen-bond donors (Lipinski definition) is 0. The first-order valence-corrected chi connectivity index (χ1v) is 7.68. The summed E-state index contributed by atoms with van der Waals surface area (Å²) in [4.78, 5) is 9.29. The second kappa shape index (κ2) is 8.92. The molecule has 3 heteroatoms. The van der Waals surface area contributed by atoms with Crippen LogP contribution in [0.15, 0.2) is 18.5 Å². The first kappa shape index (κ1) is 16.0. The number of piperazine rings is 1. The van der Waals surface area contributed by atoms with Crippen LogP contribution in [-0.4, -0.2) is 42.6 Å². The van der Waals surface area contributed by atoms with Crippen LogP contribution < -0.4 is 4.90 Å². The van der Waals surface area contributed by atoms with Crippen LogP contribution >= 0.6 is 0 Å². The number of rotatable bonds is 4. The summed E-state index contributed by atoms with van der Waals surface area (Å²) in [6.07, 6.45) is 6.52. The Kier molecular flexibility index (Phi) is 7.49. The van der Waals surface area contributed by atoms with Gasteiger partial charge < -0.3 is 4.90 Å². The third-order valence-electron chi connectivity index (χ3n) is 3.43. The summed E-state index contributed by atoms with van der Waals surface area (Å²) in [5.74, 6) is 0. The molecular weight excluding hydrogens is 234 g/mol. The quantitative estimate of drug-likeness (QED) is 0.830. The number of hydrogen-bond acceptors (Lipinski definition) is 3. The van der Waals surface area contributed by atoms with Gasteiger partial charge in [0.25, 0.3) is 0 Å². The van der Waals surface area contributed by atoms with Crippen molar-refractivity contribution in [1.29, 1.82) is 0 Å². The molecule has 0 aromatic carbocycles. The van der Waals surface area contributed by atoms with Gasteiger partial charge in [-0.15, -0.1) is 0 Å². The normalized spacial score (nSPS) is 15.9. The first-order valence-electron chi connectivity index (χ1n) is 7.68. The lowest BCUT2D eigenvalue weighted by atomic mass is 10.2. The van der Waals surface area contributed by atoms with Gasteiger partial charge in [0.05, 0.1) is 11.9 Å². The Balaban J connectivity index is 0.000000861. The van der Waals surface area contributed by atoms with E-state index in [-0.39, 0.29) is 0 Å². The van der Waals surface area contributed by atoms with Crippen molar-refractivity contribution in [3.05, 3.63) is 24.0 Å². The highest BCUT2D eigenvalue weighted by Crippen LogP contribution is 2.16. The Labute approximate surface area is 118 Å². The monoisotopic (exact) mass is 263 g/mol. The van der Waals surface area contributed by atoms with Crippen molar-refractivity contribution >= 4 is 5.69 Å². The van der Waals surface area contributed by atoms with E-state index in [0.29, 0.717) is 0 Å². The molecule has 0 radical (unpaired) electrons. The van der Waals surface area contributed by atoms with Crippen molar-refractivity contribution < 1.29 is 0 Å². The molecule has 0 aliphatic carbocycles. The zero-order valence-corrected chi connectivity index (χ0v) is 13.0. The van der Waals surface area contributed by atoms with Crippen LogP contribution in [-0.2, 0) is 0 Å². The zero-order chi connectivity index (χ0) is 14.1. The Hall–Kier alpha value is -1.09. The molecule has 2 heterocycles. The van der Waals surface area contributed by atoms with Gasteiger partial charge in [-0.3, -0.25) is 9.88 Å². The van der Waals surface area contributed by atoms with E-state index in [1.165, 1.54) is 43.7 Å². The molecule has 0 amide bonds. The summed E-state index contributed by atoms with van der Waals surface area (Å²) in [6.45, 7) is 14.3. The Morgan fingerprint density at radius 1 is 1.11 bits per heavy atom. The van der Waals surface area contributed by atoms with E-state index < -0.39 is 0 Å². The summed E-state index contributed by atoms with van der Waals surface area (Å²) < 4.78 is 0. The molecule has 1 aliphatic heterocycles. The van der Waals surface area contributed by atoms with E-state index in [9.17, 15) is 0 Å². The number of anilines is 1. The highest BCUT2D eigenvalue weighted by Gasteiger charge is 2.16. The number of pyridine rings is 1. The molecule has 1 fully saturated rings. The molecule has 2 rings (SSSR count). The molecular formula is C16H29N3. The van der Waals surface area contributed by atoms with Gasteiger partial charge in [0.1, 0.15) is 0 Å².